The van der Waals surface area contributed by atoms with Crippen LogP contribution in [0.25, 0.3) is 0 Å². The predicted molar refractivity (Wildman–Crippen MR) is 119 cm³/mol. The largest absolute Gasteiger partial charge is 0.493 e. The maximum atomic E-state index is 12.3. The minimum absolute atomic E-state index is 0.302. The van der Waals surface area contributed by atoms with Crippen LogP contribution in [0.1, 0.15) is 40.1 Å². The zero-order valence-corrected chi connectivity index (χ0v) is 17.7. The van der Waals surface area contributed by atoms with Gasteiger partial charge in [-0.15, -0.1) is 0 Å². The molecule has 5 heteroatoms. The molecule has 0 heterocycles. The van der Waals surface area contributed by atoms with Gasteiger partial charge in [-0.25, -0.2) is 9.59 Å². The Bertz CT molecular complexity index is 977. The number of carbonyl (C=O) groups is 2. The highest BCUT2D eigenvalue weighted by Crippen LogP contribution is 2.17. The third kappa shape index (κ3) is 7.00. The van der Waals surface area contributed by atoms with E-state index in [1.165, 1.54) is 0 Å². The van der Waals surface area contributed by atoms with Crippen LogP contribution in [-0.2, 0) is 11.2 Å². The molecule has 0 aromatic heterocycles. The Labute approximate surface area is 182 Å². The van der Waals surface area contributed by atoms with Crippen LogP contribution in [0.15, 0.2) is 78.9 Å². The lowest BCUT2D eigenvalue weighted by Gasteiger charge is -2.09. The fourth-order valence-corrected chi connectivity index (χ4v) is 2.76. The zero-order chi connectivity index (χ0) is 22.1. The monoisotopic (exact) mass is 418 g/mol. The summed E-state index contributed by atoms with van der Waals surface area (Å²) in [6.45, 7) is 5.06. The molecular formula is C26H26O5. The van der Waals surface area contributed by atoms with Crippen LogP contribution in [0.4, 0.5) is 0 Å². The van der Waals surface area contributed by atoms with Gasteiger partial charge in [0.15, 0.2) is 0 Å². The van der Waals surface area contributed by atoms with Crippen molar-refractivity contribution in [2.45, 2.75) is 20.3 Å². The van der Waals surface area contributed by atoms with Crippen LogP contribution in [0.3, 0.4) is 0 Å². The highest BCUT2D eigenvalue weighted by Gasteiger charge is 2.11. The van der Waals surface area contributed by atoms with Gasteiger partial charge in [0.05, 0.1) is 24.3 Å². The summed E-state index contributed by atoms with van der Waals surface area (Å²) in [6, 6.07) is 22.9. The van der Waals surface area contributed by atoms with E-state index >= 15 is 0 Å². The molecule has 3 rings (SSSR count). The van der Waals surface area contributed by atoms with Gasteiger partial charge < -0.3 is 14.2 Å². The lowest BCUT2D eigenvalue weighted by Crippen LogP contribution is -2.10. The van der Waals surface area contributed by atoms with Crippen LogP contribution in [0.5, 0.6) is 11.5 Å². The number of carbonyl (C=O) groups excluding carboxylic acids is 2. The molecule has 0 spiro atoms. The van der Waals surface area contributed by atoms with Crippen molar-refractivity contribution in [1.82, 2.24) is 0 Å². The summed E-state index contributed by atoms with van der Waals surface area (Å²) < 4.78 is 16.3. The highest BCUT2D eigenvalue weighted by molar-refractivity contribution is 5.92. The first-order chi connectivity index (χ1) is 15.0. The smallest absolute Gasteiger partial charge is 0.343 e. The number of esters is 2. The van der Waals surface area contributed by atoms with Crippen LogP contribution in [0.2, 0.25) is 0 Å². The van der Waals surface area contributed by atoms with Gasteiger partial charge in [-0.05, 0) is 60.0 Å². The van der Waals surface area contributed by atoms with E-state index in [-0.39, 0.29) is 0 Å². The van der Waals surface area contributed by atoms with Crippen molar-refractivity contribution >= 4 is 11.9 Å². The second-order valence-corrected chi connectivity index (χ2v) is 7.51. The summed E-state index contributed by atoms with van der Waals surface area (Å²) in [5, 5.41) is 0. The zero-order valence-electron chi connectivity index (χ0n) is 17.7. The standard InChI is InChI=1S/C26H26O5/c1-19(2)18-30-23-12-8-22(9-13-23)26(28)31-24-14-10-21(11-15-24)25(27)29-17-16-20-6-4-3-5-7-20/h3-15,19H,16-18H2,1-2H3. The van der Waals surface area contributed by atoms with Crippen LogP contribution < -0.4 is 9.47 Å². The van der Waals surface area contributed by atoms with Crippen molar-refractivity contribution in [1.29, 1.82) is 0 Å². The average Bonchev–Trinajstić information content (AvgIpc) is 2.79. The third-order valence-corrected chi connectivity index (χ3v) is 4.44. The molecule has 0 saturated carbocycles. The van der Waals surface area contributed by atoms with Crippen molar-refractivity contribution in [3.63, 3.8) is 0 Å². The van der Waals surface area contributed by atoms with E-state index in [0.717, 1.165) is 5.56 Å². The van der Waals surface area contributed by atoms with Gasteiger partial charge >= 0.3 is 11.9 Å². The summed E-state index contributed by atoms with van der Waals surface area (Å²) in [4.78, 5) is 24.5. The van der Waals surface area contributed by atoms with Crippen molar-refractivity contribution in [3.05, 3.63) is 95.6 Å². The molecule has 0 saturated heterocycles. The summed E-state index contributed by atoms with van der Waals surface area (Å²) in [6.07, 6.45) is 0.656. The molecule has 5 nitrogen and oxygen atoms in total. The second kappa shape index (κ2) is 11.0. The fourth-order valence-electron chi connectivity index (χ4n) is 2.76. The fraction of sp³-hybridized carbons (Fsp3) is 0.231. The number of ether oxygens (including phenoxy) is 3. The molecule has 0 aliphatic rings. The van der Waals surface area contributed by atoms with E-state index in [1.807, 2.05) is 30.3 Å². The molecular weight excluding hydrogens is 392 g/mol. The maximum absolute atomic E-state index is 12.3. The molecule has 0 N–H and O–H groups in total. The van der Waals surface area contributed by atoms with Gasteiger partial charge in [0.1, 0.15) is 11.5 Å². The average molecular weight is 418 g/mol. The predicted octanol–water partition coefficient (Wildman–Crippen LogP) is 5.34. The van der Waals surface area contributed by atoms with E-state index < -0.39 is 11.9 Å². The minimum Gasteiger partial charge on any atom is -0.493 e. The Balaban J connectivity index is 1.49. The van der Waals surface area contributed by atoms with Crippen molar-refractivity contribution < 1.29 is 23.8 Å². The van der Waals surface area contributed by atoms with E-state index in [0.29, 0.717) is 48.2 Å². The molecule has 3 aromatic rings. The first kappa shape index (κ1) is 22.1. The quantitative estimate of drug-likeness (QED) is 0.347. The lowest BCUT2D eigenvalue weighted by molar-refractivity contribution is 0.0509. The Morgan fingerprint density at radius 1 is 0.742 bits per heavy atom. The summed E-state index contributed by atoms with van der Waals surface area (Å²) in [5.41, 5.74) is 1.93. The molecule has 0 amide bonds. The van der Waals surface area contributed by atoms with Crippen LogP contribution >= 0.6 is 0 Å². The summed E-state index contributed by atoms with van der Waals surface area (Å²) in [7, 11) is 0. The molecule has 0 aliphatic carbocycles. The number of hydrogen-bond donors (Lipinski definition) is 0. The Hall–Kier alpha value is -3.60. The molecule has 0 unspecified atom stereocenters. The highest BCUT2D eigenvalue weighted by atomic mass is 16.5. The summed E-state index contributed by atoms with van der Waals surface area (Å²) in [5.74, 6) is 0.597. The number of rotatable bonds is 9. The van der Waals surface area contributed by atoms with E-state index in [9.17, 15) is 9.59 Å². The topological polar surface area (TPSA) is 61.8 Å². The Kier molecular flexibility index (Phi) is 7.82. The maximum Gasteiger partial charge on any atom is 0.343 e. The van der Waals surface area contributed by atoms with Crippen molar-refractivity contribution in [2.24, 2.45) is 5.92 Å². The first-order valence-electron chi connectivity index (χ1n) is 10.3. The molecule has 31 heavy (non-hydrogen) atoms. The van der Waals surface area contributed by atoms with Gasteiger partial charge in [-0.1, -0.05) is 44.2 Å². The van der Waals surface area contributed by atoms with Gasteiger partial charge in [-0.2, -0.15) is 0 Å². The molecule has 0 bridgehead atoms. The Morgan fingerprint density at radius 2 is 1.32 bits per heavy atom. The van der Waals surface area contributed by atoms with E-state index in [2.05, 4.69) is 13.8 Å². The van der Waals surface area contributed by atoms with Gasteiger partial charge in [0.25, 0.3) is 0 Å². The van der Waals surface area contributed by atoms with E-state index in [1.54, 1.807) is 48.5 Å². The SMILES string of the molecule is CC(C)COc1ccc(C(=O)Oc2ccc(C(=O)OCCc3ccccc3)cc2)cc1. The number of hydrogen-bond acceptors (Lipinski definition) is 5. The minimum atomic E-state index is -0.478. The van der Waals surface area contributed by atoms with Crippen LogP contribution in [0, 0.1) is 5.92 Å². The van der Waals surface area contributed by atoms with Crippen LogP contribution in [-0.4, -0.2) is 25.2 Å². The second-order valence-electron chi connectivity index (χ2n) is 7.51. The van der Waals surface area contributed by atoms with Crippen molar-refractivity contribution in [3.8, 4) is 11.5 Å². The van der Waals surface area contributed by atoms with E-state index in [4.69, 9.17) is 14.2 Å². The lowest BCUT2D eigenvalue weighted by atomic mass is 10.2. The normalized spacial score (nSPS) is 10.5. The molecule has 0 radical (unpaired) electrons. The number of benzene rings is 3. The van der Waals surface area contributed by atoms with Gasteiger partial charge in [0.2, 0.25) is 0 Å². The molecule has 0 fully saturated rings. The van der Waals surface area contributed by atoms with Gasteiger partial charge in [0, 0.05) is 6.42 Å². The summed E-state index contributed by atoms with van der Waals surface area (Å²) >= 11 is 0. The van der Waals surface area contributed by atoms with Gasteiger partial charge in [-0.3, -0.25) is 0 Å². The third-order valence-electron chi connectivity index (χ3n) is 4.44. The molecule has 0 atom stereocenters. The molecule has 3 aromatic carbocycles. The molecule has 160 valence electrons. The Morgan fingerprint density at radius 3 is 1.94 bits per heavy atom. The van der Waals surface area contributed by atoms with Crippen molar-refractivity contribution in [2.75, 3.05) is 13.2 Å². The first-order valence-corrected chi connectivity index (χ1v) is 10.3. The molecule has 0 aliphatic heterocycles.